The summed E-state index contributed by atoms with van der Waals surface area (Å²) in [5.74, 6) is 1.94. The lowest BCUT2D eigenvalue weighted by molar-refractivity contribution is -0.00572. The van der Waals surface area contributed by atoms with Crippen LogP contribution in [0.15, 0.2) is 18.2 Å². The number of hydrogen-bond donors (Lipinski definition) is 1. The summed E-state index contributed by atoms with van der Waals surface area (Å²) in [7, 11) is 0. The predicted molar refractivity (Wildman–Crippen MR) is 114 cm³/mol. The van der Waals surface area contributed by atoms with E-state index in [4.69, 9.17) is 24.4 Å². The van der Waals surface area contributed by atoms with Crippen LogP contribution in [0.25, 0.3) is 0 Å². The number of anilines is 4. The van der Waals surface area contributed by atoms with Crippen molar-refractivity contribution in [1.82, 2.24) is 15.0 Å². The molecule has 2 aliphatic rings. The molecule has 2 aromatic rings. The number of nitrogens with zero attached hydrogens (tertiary/aromatic N) is 5. The van der Waals surface area contributed by atoms with Crippen LogP contribution in [0.5, 0.6) is 0 Å². The first-order valence-corrected chi connectivity index (χ1v) is 10.3. The summed E-state index contributed by atoms with van der Waals surface area (Å²) in [4.78, 5) is 18.6. The van der Waals surface area contributed by atoms with Gasteiger partial charge in [-0.2, -0.15) is 15.0 Å². The molecule has 2 saturated heterocycles. The molecule has 8 nitrogen and oxygen atoms in total. The summed E-state index contributed by atoms with van der Waals surface area (Å²) in [6.45, 7) is 12.8. The molecule has 2 unspecified atom stereocenters. The van der Waals surface area contributed by atoms with E-state index in [1.807, 2.05) is 0 Å². The second kappa shape index (κ2) is 8.51. The third-order valence-corrected chi connectivity index (χ3v) is 5.37. The fourth-order valence-electron chi connectivity index (χ4n) is 3.75. The van der Waals surface area contributed by atoms with E-state index >= 15 is 0 Å². The topological polar surface area (TPSA) is 75.6 Å². The highest BCUT2D eigenvalue weighted by atomic mass is 16.5. The Balaban J connectivity index is 1.66. The molecule has 1 aromatic heterocycles. The number of aromatic nitrogens is 3. The zero-order valence-electron chi connectivity index (χ0n) is 17.7. The molecule has 2 aliphatic heterocycles. The molecule has 29 heavy (non-hydrogen) atoms. The molecule has 8 heteroatoms. The molecule has 0 spiro atoms. The number of benzene rings is 1. The van der Waals surface area contributed by atoms with Crippen molar-refractivity contribution < 1.29 is 9.47 Å². The lowest BCUT2D eigenvalue weighted by Gasteiger charge is -2.36. The molecule has 0 amide bonds. The molecule has 156 valence electrons. The number of rotatable bonds is 4. The largest absolute Gasteiger partial charge is 0.378 e. The Morgan fingerprint density at radius 3 is 2.21 bits per heavy atom. The van der Waals surface area contributed by atoms with Gasteiger partial charge in [-0.1, -0.05) is 6.07 Å². The Kier molecular flexibility index (Phi) is 5.82. The summed E-state index contributed by atoms with van der Waals surface area (Å²) >= 11 is 0. The highest BCUT2D eigenvalue weighted by Crippen LogP contribution is 2.24. The number of hydrogen-bond acceptors (Lipinski definition) is 8. The standard InChI is InChI=1S/C21H30N6O2/c1-14-5-6-18(11-15(14)2)22-19-23-20(26-7-9-28-10-8-26)25-21(24-19)27-12-16(3)29-17(4)13-27/h5-6,11,16-17H,7-10,12-13H2,1-4H3,(H,22,23,24,25). The van der Waals surface area contributed by atoms with Crippen molar-refractivity contribution in [3.05, 3.63) is 29.3 Å². The SMILES string of the molecule is Cc1ccc(Nc2nc(N3CCOCC3)nc(N3CC(C)OC(C)C3)n2)cc1C. The zero-order valence-corrected chi connectivity index (χ0v) is 17.7. The van der Waals surface area contributed by atoms with Crippen molar-refractivity contribution in [1.29, 1.82) is 0 Å². The van der Waals surface area contributed by atoms with E-state index in [-0.39, 0.29) is 12.2 Å². The Bertz CT molecular complexity index is 845. The van der Waals surface area contributed by atoms with Crippen LogP contribution < -0.4 is 15.1 Å². The van der Waals surface area contributed by atoms with Crippen molar-refractivity contribution in [3.63, 3.8) is 0 Å². The van der Waals surface area contributed by atoms with Gasteiger partial charge in [0.1, 0.15) is 0 Å². The molecule has 2 atom stereocenters. The number of aryl methyl sites for hydroxylation is 2. The molecule has 1 aromatic carbocycles. The fourth-order valence-corrected chi connectivity index (χ4v) is 3.75. The first-order valence-electron chi connectivity index (χ1n) is 10.3. The smallest absolute Gasteiger partial charge is 0.233 e. The van der Waals surface area contributed by atoms with Gasteiger partial charge >= 0.3 is 0 Å². The monoisotopic (exact) mass is 398 g/mol. The third kappa shape index (κ3) is 4.76. The average Bonchev–Trinajstić information content (AvgIpc) is 2.70. The van der Waals surface area contributed by atoms with E-state index in [2.05, 4.69) is 61.0 Å². The van der Waals surface area contributed by atoms with E-state index in [1.54, 1.807) is 0 Å². The van der Waals surface area contributed by atoms with Gasteiger partial charge in [-0.15, -0.1) is 0 Å². The Hall–Kier alpha value is -2.45. The highest BCUT2D eigenvalue weighted by molar-refractivity contribution is 5.58. The minimum atomic E-state index is 0.138. The lowest BCUT2D eigenvalue weighted by Crippen LogP contribution is -2.46. The minimum Gasteiger partial charge on any atom is -0.378 e. The average molecular weight is 399 g/mol. The van der Waals surface area contributed by atoms with Crippen LogP contribution >= 0.6 is 0 Å². The van der Waals surface area contributed by atoms with E-state index in [0.29, 0.717) is 31.1 Å². The van der Waals surface area contributed by atoms with E-state index in [1.165, 1.54) is 11.1 Å². The van der Waals surface area contributed by atoms with Crippen LogP contribution in [0.2, 0.25) is 0 Å². The van der Waals surface area contributed by atoms with Crippen molar-refractivity contribution >= 4 is 23.5 Å². The first kappa shape index (κ1) is 19.8. The van der Waals surface area contributed by atoms with Crippen molar-refractivity contribution in [2.75, 3.05) is 54.5 Å². The molecule has 1 N–H and O–H groups in total. The van der Waals surface area contributed by atoms with Crippen LogP contribution in [0.4, 0.5) is 23.5 Å². The molecular weight excluding hydrogens is 368 g/mol. The van der Waals surface area contributed by atoms with Gasteiger partial charge in [-0.05, 0) is 51.0 Å². The lowest BCUT2D eigenvalue weighted by atomic mass is 10.1. The maximum absolute atomic E-state index is 5.88. The maximum Gasteiger partial charge on any atom is 0.233 e. The molecule has 0 bridgehead atoms. The van der Waals surface area contributed by atoms with E-state index in [0.717, 1.165) is 31.9 Å². The molecule has 3 heterocycles. The van der Waals surface area contributed by atoms with E-state index < -0.39 is 0 Å². The third-order valence-electron chi connectivity index (χ3n) is 5.37. The molecule has 0 radical (unpaired) electrons. The second-order valence-corrected chi connectivity index (χ2v) is 7.94. The van der Waals surface area contributed by atoms with Crippen molar-refractivity contribution in [2.45, 2.75) is 39.9 Å². The quantitative estimate of drug-likeness (QED) is 0.843. The number of morpholine rings is 2. The van der Waals surface area contributed by atoms with Gasteiger partial charge in [-0.3, -0.25) is 0 Å². The normalized spacial score (nSPS) is 22.6. The van der Waals surface area contributed by atoms with Crippen LogP contribution in [-0.2, 0) is 9.47 Å². The van der Waals surface area contributed by atoms with Crippen LogP contribution in [0.3, 0.4) is 0 Å². The molecule has 0 saturated carbocycles. The molecule has 0 aliphatic carbocycles. The highest BCUT2D eigenvalue weighted by Gasteiger charge is 2.26. The summed E-state index contributed by atoms with van der Waals surface area (Å²) in [6, 6.07) is 6.28. The first-order chi connectivity index (χ1) is 14.0. The predicted octanol–water partition coefficient (Wildman–Crippen LogP) is 2.68. The molecule has 4 rings (SSSR count). The summed E-state index contributed by atoms with van der Waals surface area (Å²) in [5.41, 5.74) is 3.47. The van der Waals surface area contributed by atoms with Gasteiger partial charge in [0.05, 0.1) is 25.4 Å². The van der Waals surface area contributed by atoms with Crippen LogP contribution in [0, 0.1) is 13.8 Å². The number of nitrogens with one attached hydrogen (secondary N) is 1. The summed E-state index contributed by atoms with van der Waals surface area (Å²) < 4.78 is 11.4. The van der Waals surface area contributed by atoms with E-state index in [9.17, 15) is 0 Å². The summed E-state index contributed by atoms with van der Waals surface area (Å²) in [5, 5.41) is 3.38. The van der Waals surface area contributed by atoms with Gasteiger partial charge in [0.15, 0.2) is 0 Å². The van der Waals surface area contributed by atoms with Gasteiger partial charge in [-0.25, -0.2) is 0 Å². The number of ether oxygens (including phenoxy) is 2. The van der Waals surface area contributed by atoms with Gasteiger partial charge in [0, 0.05) is 31.9 Å². The Morgan fingerprint density at radius 1 is 0.897 bits per heavy atom. The molecule has 2 fully saturated rings. The maximum atomic E-state index is 5.88. The Labute approximate surface area is 172 Å². The van der Waals surface area contributed by atoms with Gasteiger partial charge in [0.2, 0.25) is 17.8 Å². The van der Waals surface area contributed by atoms with Crippen molar-refractivity contribution in [2.24, 2.45) is 0 Å². The zero-order chi connectivity index (χ0) is 20.4. The van der Waals surface area contributed by atoms with Crippen LogP contribution in [0.1, 0.15) is 25.0 Å². The van der Waals surface area contributed by atoms with Gasteiger partial charge < -0.3 is 24.6 Å². The second-order valence-electron chi connectivity index (χ2n) is 7.94. The van der Waals surface area contributed by atoms with Crippen LogP contribution in [-0.4, -0.2) is 66.6 Å². The summed E-state index contributed by atoms with van der Waals surface area (Å²) in [6.07, 6.45) is 0.275. The Morgan fingerprint density at radius 2 is 1.55 bits per heavy atom. The van der Waals surface area contributed by atoms with Crippen molar-refractivity contribution in [3.8, 4) is 0 Å². The minimum absolute atomic E-state index is 0.138. The molecular formula is C21H30N6O2. The van der Waals surface area contributed by atoms with Gasteiger partial charge in [0.25, 0.3) is 0 Å². The fraction of sp³-hybridized carbons (Fsp3) is 0.571.